The number of carbonyl (C=O) groups excluding carboxylic acids is 1. The second kappa shape index (κ2) is 7.18. The van der Waals surface area contributed by atoms with Crippen molar-refractivity contribution in [2.75, 3.05) is 0 Å². The molecule has 0 spiro atoms. The molecule has 2 aromatic heterocycles. The third-order valence-electron chi connectivity index (χ3n) is 3.93. The van der Waals surface area contributed by atoms with E-state index in [1.165, 1.54) is 11.3 Å². The number of thioether (sulfide) groups is 1. The molecule has 0 N–H and O–H groups in total. The molecule has 2 aromatic rings. The summed E-state index contributed by atoms with van der Waals surface area (Å²) in [5.41, 5.74) is -1.33. The van der Waals surface area contributed by atoms with Gasteiger partial charge >= 0.3 is 6.18 Å². The molecule has 1 atom stereocenters. The van der Waals surface area contributed by atoms with Gasteiger partial charge in [0, 0.05) is 6.42 Å². The van der Waals surface area contributed by atoms with E-state index in [1.807, 2.05) is 0 Å². The summed E-state index contributed by atoms with van der Waals surface area (Å²) in [7, 11) is 0. The van der Waals surface area contributed by atoms with Gasteiger partial charge in [0.1, 0.15) is 16.9 Å². The van der Waals surface area contributed by atoms with Gasteiger partial charge in [0.05, 0.1) is 26.9 Å². The smallest absolute Gasteiger partial charge is 0.298 e. The fourth-order valence-electron chi connectivity index (χ4n) is 2.70. The monoisotopic (exact) mass is 382 g/mol. The van der Waals surface area contributed by atoms with E-state index in [2.05, 4.69) is 4.98 Å². The molecule has 1 aliphatic carbocycles. The minimum atomic E-state index is -4.66. The van der Waals surface area contributed by atoms with E-state index in [0.29, 0.717) is 17.7 Å². The number of halogens is 3. The molecular weight excluding hydrogens is 369 g/mol. The van der Waals surface area contributed by atoms with E-state index in [4.69, 9.17) is 0 Å². The predicted molar refractivity (Wildman–Crippen MR) is 90.4 cm³/mol. The molecule has 1 aliphatic rings. The minimum absolute atomic E-state index is 0.0111. The Hall–Kier alpha value is -1.85. The number of thiophene rings is 1. The highest BCUT2D eigenvalue weighted by Gasteiger charge is 2.37. The molecule has 0 radical (unpaired) electrons. The Morgan fingerprint density at radius 1 is 1.36 bits per heavy atom. The summed E-state index contributed by atoms with van der Waals surface area (Å²) in [6, 6.07) is 5.96. The summed E-state index contributed by atoms with van der Waals surface area (Å²) < 4.78 is 40.3. The van der Waals surface area contributed by atoms with Crippen LogP contribution in [0, 0.1) is 11.3 Å². The molecule has 0 amide bonds. The number of Topliss-reactive ketones (excluding diaryl/α,β-unsaturated/α-hetero) is 1. The Balaban J connectivity index is 2.10. The lowest BCUT2D eigenvalue weighted by Gasteiger charge is -2.21. The zero-order valence-electron chi connectivity index (χ0n) is 13.0. The molecule has 0 bridgehead atoms. The van der Waals surface area contributed by atoms with Crippen molar-refractivity contribution in [2.24, 2.45) is 0 Å². The first-order valence-electron chi connectivity index (χ1n) is 7.65. The zero-order valence-corrected chi connectivity index (χ0v) is 14.6. The second-order valence-electron chi connectivity index (χ2n) is 5.64. The molecule has 0 aliphatic heterocycles. The maximum absolute atomic E-state index is 13.4. The van der Waals surface area contributed by atoms with E-state index in [1.54, 1.807) is 23.6 Å². The molecule has 25 heavy (non-hydrogen) atoms. The second-order valence-corrected chi connectivity index (χ2v) is 7.78. The molecule has 1 fully saturated rings. The summed E-state index contributed by atoms with van der Waals surface area (Å²) in [4.78, 5) is 16.9. The van der Waals surface area contributed by atoms with Crippen molar-refractivity contribution in [3.05, 3.63) is 34.7 Å². The van der Waals surface area contributed by atoms with E-state index in [-0.39, 0.29) is 16.5 Å². The molecular formula is C17H13F3N2OS2. The largest absolute Gasteiger partial charge is 0.417 e. The average Bonchev–Trinajstić information content (AvgIpc) is 3.10. The van der Waals surface area contributed by atoms with Crippen LogP contribution in [0.25, 0.3) is 10.6 Å². The van der Waals surface area contributed by atoms with Gasteiger partial charge in [-0.1, -0.05) is 24.2 Å². The summed E-state index contributed by atoms with van der Waals surface area (Å²) in [5, 5.41) is 10.6. The number of aromatic nitrogens is 1. The Morgan fingerprint density at radius 3 is 2.76 bits per heavy atom. The van der Waals surface area contributed by atoms with Crippen LogP contribution in [-0.2, 0) is 11.0 Å². The molecule has 1 saturated carbocycles. The van der Waals surface area contributed by atoms with E-state index >= 15 is 0 Å². The summed E-state index contributed by atoms with van der Waals surface area (Å²) in [6.07, 6.45) is -1.98. The van der Waals surface area contributed by atoms with Crippen LogP contribution in [0.15, 0.2) is 28.6 Å². The van der Waals surface area contributed by atoms with Crippen LogP contribution in [0.1, 0.15) is 36.8 Å². The maximum atomic E-state index is 13.4. The van der Waals surface area contributed by atoms with Crippen molar-refractivity contribution < 1.29 is 18.0 Å². The first kappa shape index (κ1) is 18.0. The predicted octanol–water partition coefficient (Wildman–Crippen LogP) is 5.30. The molecule has 3 rings (SSSR count). The summed E-state index contributed by atoms with van der Waals surface area (Å²) >= 11 is 2.26. The van der Waals surface area contributed by atoms with E-state index < -0.39 is 22.6 Å². The topological polar surface area (TPSA) is 53.8 Å². The number of hydrogen-bond donors (Lipinski definition) is 0. The van der Waals surface area contributed by atoms with Crippen molar-refractivity contribution in [1.29, 1.82) is 5.26 Å². The van der Waals surface area contributed by atoms with Gasteiger partial charge in [0.15, 0.2) is 0 Å². The SMILES string of the molecule is N#Cc1c(C(F)(F)F)cc(-c2cccs2)nc1S[C@@H]1CCCCC1=O. The van der Waals surface area contributed by atoms with Crippen molar-refractivity contribution in [3.8, 4) is 16.6 Å². The number of hydrogen-bond acceptors (Lipinski definition) is 5. The molecule has 2 heterocycles. The standard InChI is InChI=1S/C17H13F3N2OS2/c18-17(19,20)11-8-12(14-6-3-7-24-14)22-16(10(11)9-21)25-15-5-2-1-4-13(15)23/h3,6-8,15H,1-2,4-5H2/t15-/m1/s1. The van der Waals surface area contributed by atoms with Gasteiger partial charge in [-0.05, 0) is 30.4 Å². The van der Waals surface area contributed by atoms with Gasteiger partial charge in [-0.25, -0.2) is 4.98 Å². The number of rotatable bonds is 3. The van der Waals surface area contributed by atoms with Crippen LogP contribution in [0.4, 0.5) is 13.2 Å². The lowest BCUT2D eigenvalue weighted by molar-refractivity contribution is -0.138. The Morgan fingerprint density at radius 2 is 2.16 bits per heavy atom. The van der Waals surface area contributed by atoms with Crippen LogP contribution in [-0.4, -0.2) is 16.0 Å². The fraction of sp³-hybridized carbons (Fsp3) is 0.353. The highest BCUT2D eigenvalue weighted by Crippen LogP contribution is 2.41. The summed E-state index contributed by atoms with van der Waals surface area (Å²) in [5.74, 6) is 0.0111. The fourth-order valence-corrected chi connectivity index (χ4v) is 4.61. The molecule has 130 valence electrons. The van der Waals surface area contributed by atoms with Crippen LogP contribution in [0.5, 0.6) is 0 Å². The normalized spacial score (nSPS) is 18.2. The highest BCUT2D eigenvalue weighted by atomic mass is 32.2. The highest BCUT2D eigenvalue weighted by molar-refractivity contribution is 8.00. The van der Waals surface area contributed by atoms with Gasteiger partial charge in [0.2, 0.25) is 0 Å². The minimum Gasteiger partial charge on any atom is -0.298 e. The molecule has 0 saturated heterocycles. The van der Waals surface area contributed by atoms with Gasteiger partial charge in [0.25, 0.3) is 0 Å². The van der Waals surface area contributed by atoms with Crippen LogP contribution in [0.2, 0.25) is 0 Å². The number of nitrogens with zero attached hydrogens (tertiary/aromatic N) is 2. The van der Waals surface area contributed by atoms with Crippen molar-refractivity contribution in [1.82, 2.24) is 4.98 Å². The Kier molecular flexibility index (Phi) is 5.16. The number of ketones is 1. The van der Waals surface area contributed by atoms with Crippen molar-refractivity contribution in [3.63, 3.8) is 0 Å². The molecule has 3 nitrogen and oxygen atoms in total. The molecule has 0 unspecified atom stereocenters. The van der Waals surface area contributed by atoms with Gasteiger partial charge in [-0.3, -0.25) is 4.79 Å². The molecule has 8 heteroatoms. The van der Waals surface area contributed by atoms with Crippen molar-refractivity contribution >= 4 is 28.9 Å². The van der Waals surface area contributed by atoms with Crippen LogP contribution in [0.3, 0.4) is 0 Å². The van der Waals surface area contributed by atoms with Gasteiger partial charge in [-0.15, -0.1) is 11.3 Å². The van der Waals surface area contributed by atoms with E-state index in [9.17, 15) is 23.2 Å². The van der Waals surface area contributed by atoms with Gasteiger partial charge < -0.3 is 0 Å². The number of pyridine rings is 1. The third kappa shape index (κ3) is 3.88. The van der Waals surface area contributed by atoms with Gasteiger partial charge in [-0.2, -0.15) is 18.4 Å². The first-order valence-corrected chi connectivity index (χ1v) is 9.41. The molecule has 0 aromatic carbocycles. The Bertz CT molecular complexity index is 826. The zero-order chi connectivity index (χ0) is 18.0. The number of nitriles is 1. The quantitative estimate of drug-likeness (QED) is 0.722. The maximum Gasteiger partial charge on any atom is 0.417 e. The van der Waals surface area contributed by atoms with Crippen LogP contribution >= 0.6 is 23.1 Å². The lowest BCUT2D eigenvalue weighted by Crippen LogP contribution is -2.22. The Labute approximate surface area is 150 Å². The third-order valence-corrected chi connectivity index (χ3v) is 6.12. The van der Waals surface area contributed by atoms with E-state index in [0.717, 1.165) is 30.7 Å². The van der Waals surface area contributed by atoms with Crippen LogP contribution < -0.4 is 0 Å². The lowest BCUT2D eigenvalue weighted by atomic mass is 9.99. The first-order chi connectivity index (χ1) is 11.9. The number of carbonyl (C=O) groups is 1. The van der Waals surface area contributed by atoms with Crippen molar-refractivity contribution in [2.45, 2.75) is 42.1 Å². The number of alkyl halides is 3. The average molecular weight is 382 g/mol. The summed E-state index contributed by atoms with van der Waals surface area (Å²) in [6.45, 7) is 0.